The molecule has 1 fully saturated rings. The summed E-state index contributed by atoms with van der Waals surface area (Å²) in [6, 6.07) is 14.9. The summed E-state index contributed by atoms with van der Waals surface area (Å²) in [6.07, 6.45) is 1.37. The minimum Gasteiger partial charge on any atom is -0.457 e. The molecular formula is C29H38N2O5S. The second kappa shape index (κ2) is 13.9. The van der Waals surface area contributed by atoms with E-state index < -0.39 is 11.7 Å². The molecule has 2 aromatic rings. The Morgan fingerprint density at radius 2 is 1.57 bits per heavy atom. The second-order valence-electron chi connectivity index (χ2n) is 9.39. The van der Waals surface area contributed by atoms with Gasteiger partial charge in [-0.2, -0.15) is 0 Å². The normalized spacial score (nSPS) is 15.7. The molecular weight excluding hydrogens is 488 g/mol. The summed E-state index contributed by atoms with van der Waals surface area (Å²) in [7, 11) is 0. The molecule has 1 heterocycles. The molecule has 3 amide bonds. The fourth-order valence-electron chi connectivity index (χ4n) is 3.49. The van der Waals surface area contributed by atoms with Gasteiger partial charge in [-0.1, -0.05) is 69.0 Å². The lowest BCUT2D eigenvalue weighted by Gasteiger charge is -2.24. The van der Waals surface area contributed by atoms with E-state index in [1.54, 1.807) is 0 Å². The van der Waals surface area contributed by atoms with Gasteiger partial charge in [0.05, 0.1) is 11.3 Å². The number of nitrogens with one attached hydrogen (secondary N) is 2. The highest BCUT2D eigenvalue weighted by molar-refractivity contribution is 8.15. The highest BCUT2D eigenvalue weighted by Crippen LogP contribution is 2.26. The minimum absolute atomic E-state index is 0.232. The van der Waals surface area contributed by atoms with Crippen LogP contribution in [0.3, 0.4) is 0 Å². The molecule has 7 nitrogen and oxygen atoms in total. The summed E-state index contributed by atoms with van der Waals surface area (Å²) in [4.78, 5) is 35.3. The van der Waals surface area contributed by atoms with Crippen LogP contribution in [0.2, 0.25) is 0 Å². The maximum atomic E-state index is 12.3. The van der Waals surface area contributed by atoms with Crippen LogP contribution >= 0.6 is 11.8 Å². The van der Waals surface area contributed by atoms with Gasteiger partial charge in [0.2, 0.25) is 5.91 Å². The van der Waals surface area contributed by atoms with Gasteiger partial charge in [-0.15, -0.1) is 0 Å². The molecule has 2 N–H and O–H groups in total. The quantitative estimate of drug-likeness (QED) is 0.349. The molecule has 0 spiro atoms. The minimum atomic E-state index is -0.567. The number of imide groups is 1. The van der Waals surface area contributed by atoms with Gasteiger partial charge < -0.3 is 14.8 Å². The van der Waals surface area contributed by atoms with Crippen LogP contribution in [0.5, 0.6) is 11.5 Å². The maximum absolute atomic E-state index is 12.3. The summed E-state index contributed by atoms with van der Waals surface area (Å²) < 4.78 is 11.3. The van der Waals surface area contributed by atoms with Crippen LogP contribution in [-0.4, -0.2) is 34.1 Å². The first-order valence-electron chi connectivity index (χ1n) is 12.6. The third-order valence-electron chi connectivity index (χ3n) is 5.35. The van der Waals surface area contributed by atoms with Gasteiger partial charge in [-0.25, -0.2) is 4.79 Å². The molecule has 0 bridgehead atoms. The highest BCUT2D eigenvalue weighted by Gasteiger charge is 2.31. The van der Waals surface area contributed by atoms with E-state index in [1.807, 2.05) is 90.1 Å². The van der Waals surface area contributed by atoms with E-state index in [-0.39, 0.29) is 22.4 Å². The monoisotopic (exact) mass is 526 g/mol. The molecule has 2 aromatic carbocycles. The maximum Gasteiger partial charge on any atom is 0.408 e. The van der Waals surface area contributed by atoms with Crippen molar-refractivity contribution in [1.29, 1.82) is 0 Å². The second-order valence-corrected chi connectivity index (χ2v) is 10.6. The number of hydrogen-bond acceptors (Lipinski definition) is 6. The van der Waals surface area contributed by atoms with E-state index in [0.29, 0.717) is 24.3 Å². The first-order chi connectivity index (χ1) is 17.5. The van der Waals surface area contributed by atoms with Gasteiger partial charge in [0.15, 0.2) is 0 Å². The van der Waals surface area contributed by atoms with E-state index in [2.05, 4.69) is 17.2 Å². The Labute approximate surface area is 224 Å². The summed E-state index contributed by atoms with van der Waals surface area (Å²) in [6.45, 7) is 15.6. The molecule has 1 aliphatic rings. The Balaban J connectivity index is 0.00000235. The number of thioether (sulfide) groups is 1. The van der Waals surface area contributed by atoms with Crippen molar-refractivity contribution >= 4 is 29.0 Å². The lowest BCUT2D eigenvalue weighted by atomic mass is 9.98. The van der Waals surface area contributed by atoms with Crippen LogP contribution in [0.15, 0.2) is 60.7 Å². The molecule has 0 radical (unpaired) electrons. The molecule has 0 aromatic heterocycles. The van der Waals surface area contributed by atoms with Gasteiger partial charge in [0.25, 0.3) is 5.24 Å². The molecule has 0 aliphatic carbocycles. The fraction of sp³-hybridized carbons (Fsp3) is 0.414. The van der Waals surface area contributed by atoms with E-state index in [4.69, 9.17) is 9.47 Å². The van der Waals surface area contributed by atoms with Crippen LogP contribution in [-0.2, 0) is 22.4 Å². The number of amides is 3. The van der Waals surface area contributed by atoms with Crippen LogP contribution < -0.4 is 15.4 Å². The van der Waals surface area contributed by atoms with Gasteiger partial charge in [-0.05, 0) is 75.4 Å². The molecule has 37 heavy (non-hydrogen) atoms. The van der Waals surface area contributed by atoms with Crippen molar-refractivity contribution in [3.8, 4) is 11.5 Å². The summed E-state index contributed by atoms with van der Waals surface area (Å²) in [5.41, 5.74) is 2.34. The number of hydrogen-bond donors (Lipinski definition) is 2. The summed E-state index contributed by atoms with van der Waals surface area (Å²) in [5, 5.41) is 4.54. The lowest BCUT2D eigenvalue weighted by molar-refractivity contribution is -0.118. The molecule has 1 aliphatic heterocycles. The number of carbonyl (C=O) groups excluding carboxylic acids is 3. The third-order valence-corrected chi connectivity index (χ3v) is 6.33. The van der Waals surface area contributed by atoms with E-state index >= 15 is 0 Å². The predicted molar refractivity (Wildman–Crippen MR) is 149 cm³/mol. The van der Waals surface area contributed by atoms with Crippen LogP contribution in [0.4, 0.5) is 9.59 Å². The fourth-order valence-corrected chi connectivity index (χ4v) is 4.35. The Hall–Kier alpha value is -3.26. The topological polar surface area (TPSA) is 93.7 Å². The molecule has 0 saturated carbocycles. The van der Waals surface area contributed by atoms with Gasteiger partial charge in [0, 0.05) is 0 Å². The van der Waals surface area contributed by atoms with Crippen molar-refractivity contribution in [1.82, 2.24) is 10.6 Å². The Morgan fingerprint density at radius 1 is 1.03 bits per heavy atom. The van der Waals surface area contributed by atoms with E-state index in [1.165, 1.54) is 0 Å². The molecule has 1 saturated heterocycles. The lowest BCUT2D eigenvalue weighted by Crippen LogP contribution is -2.41. The summed E-state index contributed by atoms with van der Waals surface area (Å²) >= 11 is 1.02. The smallest absolute Gasteiger partial charge is 0.408 e. The zero-order chi connectivity index (χ0) is 27.6. The molecule has 2 atom stereocenters. The van der Waals surface area contributed by atoms with Crippen molar-refractivity contribution in [3.63, 3.8) is 0 Å². The first-order valence-corrected chi connectivity index (χ1v) is 13.4. The van der Waals surface area contributed by atoms with Gasteiger partial charge in [0.1, 0.15) is 17.1 Å². The van der Waals surface area contributed by atoms with Gasteiger partial charge >= 0.3 is 6.09 Å². The largest absolute Gasteiger partial charge is 0.457 e. The van der Waals surface area contributed by atoms with Crippen molar-refractivity contribution < 1.29 is 23.9 Å². The first kappa shape index (κ1) is 30.0. The number of alkyl carbamates (subject to hydrolysis) is 1. The van der Waals surface area contributed by atoms with Crippen LogP contribution in [0.25, 0.3) is 0 Å². The van der Waals surface area contributed by atoms with E-state index in [9.17, 15) is 14.4 Å². The number of carbonyl (C=O) groups is 3. The third kappa shape index (κ3) is 9.96. The van der Waals surface area contributed by atoms with Crippen molar-refractivity contribution in [2.45, 2.75) is 77.7 Å². The Kier molecular flexibility index (Phi) is 11.2. The number of rotatable bonds is 9. The SMILES string of the molecule is C=C(CC)C(Cc1ccc(Oc2ccc(CC3SC(=O)NC3=O)cc2)cc1)NC(=O)OC(C)(C)C.CC. The van der Waals surface area contributed by atoms with Crippen molar-refractivity contribution in [2.24, 2.45) is 0 Å². The number of benzene rings is 2. The zero-order valence-electron chi connectivity index (χ0n) is 22.6. The Morgan fingerprint density at radius 3 is 2.03 bits per heavy atom. The summed E-state index contributed by atoms with van der Waals surface area (Å²) in [5.74, 6) is 1.11. The van der Waals surface area contributed by atoms with Crippen molar-refractivity contribution in [2.75, 3.05) is 0 Å². The zero-order valence-corrected chi connectivity index (χ0v) is 23.4. The molecule has 2 unspecified atom stereocenters. The van der Waals surface area contributed by atoms with Crippen LogP contribution in [0, 0.1) is 0 Å². The average molecular weight is 527 g/mol. The highest BCUT2D eigenvalue weighted by atomic mass is 32.2. The van der Waals surface area contributed by atoms with Crippen LogP contribution in [0.1, 0.15) is 59.1 Å². The molecule has 200 valence electrons. The predicted octanol–water partition coefficient (Wildman–Crippen LogP) is 6.80. The van der Waals surface area contributed by atoms with Gasteiger partial charge in [-0.3, -0.25) is 14.9 Å². The van der Waals surface area contributed by atoms with E-state index in [0.717, 1.165) is 34.9 Å². The molecule has 3 rings (SSSR count). The number of ether oxygens (including phenoxy) is 2. The Bertz CT molecular complexity index is 1070. The standard InChI is InChI=1S/C27H32N2O5S.C2H6/c1-6-17(2)22(28-25(31)34-27(3,4)5)15-18-7-11-20(12-8-18)33-21-13-9-19(10-14-21)16-23-24(30)29-26(32)35-23;1-2/h7-14,22-23H,2,6,15-16H2,1,3-5H3,(H,28,31)(H,29,30,32);1-2H3. The average Bonchev–Trinajstić information content (AvgIpc) is 3.16. The van der Waals surface area contributed by atoms with Crippen molar-refractivity contribution in [3.05, 3.63) is 71.8 Å². The molecule has 8 heteroatoms.